The van der Waals surface area contributed by atoms with Crippen LogP contribution >= 0.6 is 0 Å². The summed E-state index contributed by atoms with van der Waals surface area (Å²) in [6.07, 6.45) is -1.68. The number of rotatable bonds is 5. The second-order valence-corrected chi connectivity index (χ2v) is 6.59. The first-order chi connectivity index (χ1) is 12.8. The van der Waals surface area contributed by atoms with Gasteiger partial charge in [-0.1, -0.05) is 24.3 Å². The van der Waals surface area contributed by atoms with Gasteiger partial charge >= 0.3 is 6.36 Å². The van der Waals surface area contributed by atoms with Gasteiger partial charge in [0.2, 0.25) is 5.91 Å². The molecule has 4 nitrogen and oxygen atoms in total. The van der Waals surface area contributed by atoms with Crippen LogP contribution in [0.25, 0.3) is 0 Å². The molecule has 2 N–H and O–H groups in total. The maximum absolute atomic E-state index is 12.4. The largest absolute Gasteiger partial charge is 0.573 e. The maximum Gasteiger partial charge on any atom is 0.573 e. The second-order valence-electron chi connectivity index (χ2n) is 6.59. The lowest BCUT2D eigenvalue weighted by Gasteiger charge is -2.29. The number of amides is 1. The summed E-state index contributed by atoms with van der Waals surface area (Å²) in [6.45, 7) is 1.77. The average molecular weight is 378 g/mol. The zero-order chi connectivity index (χ0) is 19.4. The van der Waals surface area contributed by atoms with Crippen molar-refractivity contribution in [1.82, 2.24) is 5.32 Å². The zero-order valence-electron chi connectivity index (χ0n) is 14.8. The molecule has 2 aromatic carbocycles. The highest BCUT2D eigenvalue weighted by Crippen LogP contribution is 2.30. The fourth-order valence-corrected chi connectivity index (χ4v) is 3.29. The average Bonchev–Trinajstić information content (AvgIpc) is 2.62. The summed E-state index contributed by atoms with van der Waals surface area (Å²) in [5.41, 5.74) is 2.93. The zero-order valence-corrected chi connectivity index (χ0v) is 14.8. The molecule has 2 aromatic rings. The number of nitrogens with one attached hydrogen (secondary N) is 2. The number of carbonyl (C=O) groups is 1. The molecule has 1 aliphatic rings. The van der Waals surface area contributed by atoms with Crippen molar-refractivity contribution in [2.75, 3.05) is 5.32 Å². The molecule has 0 heterocycles. The standard InChI is InChI=1S/C20H21F3N2O2/c1-13(24-18-8-4-6-14-5-2-3-7-17(14)18)19(26)25-15-9-11-16(12-10-15)27-20(21,22)23/h2-3,5,7,9-13,18,24H,4,6,8H2,1H3,(H,25,26)/t13-,18+/m1/s1. The third-order valence-electron chi connectivity index (χ3n) is 4.57. The molecule has 0 radical (unpaired) electrons. The highest BCUT2D eigenvalue weighted by Gasteiger charge is 2.31. The molecule has 0 fully saturated rings. The van der Waals surface area contributed by atoms with Gasteiger partial charge in [0.15, 0.2) is 0 Å². The molecular formula is C20H21F3N2O2. The molecule has 0 saturated heterocycles. The topological polar surface area (TPSA) is 50.4 Å². The van der Waals surface area contributed by atoms with Crippen LogP contribution in [0, 0.1) is 0 Å². The molecule has 1 amide bonds. The summed E-state index contributed by atoms with van der Waals surface area (Å²) in [6, 6.07) is 12.9. The number of ether oxygens (including phenoxy) is 1. The van der Waals surface area contributed by atoms with Crippen molar-refractivity contribution < 1.29 is 22.7 Å². The van der Waals surface area contributed by atoms with E-state index in [9.17, 15) is 18.0 Å². The molecule has 0 aromatic heterocycles. The Labute approximate surface area is 155 Å². The molecule has 0 bridgehead atoms. The number of benzene rings is 2. The van der Waals surface area contributed by atoms with Crippen molar-refractivity contribution in [3.63, 3.8) is 0 Å². The summed E-state index contributed by atoms with van der Waals surface area (Å²) in [5.74, 6) is -0.576. The third-order valence-corrected chi connectivity index (χ3v) is 4.57. The van der Waals surface area contributed by atoms with E-state index >= 15 is 0 Å². The maximum atomic E-state index is 12.4. The Bertz CT molecular complexity index is 791. The fourth-order valence-electron chi connectivity index (χ4n) is 3.29. The number of halogens is 3. The van der Waals surface area contributed by atoms with Crippen LogP contribution in [-0.4, -0.2) is 18.3 Å². The molecule has 0 unspecified atom stereocenters. The highest BCUT2D eigenvalue weighted by atomic mass is 19.4. The normalized spacial score (nSPS) is 17.7. The minimum atomic E-state index is -4.74. The van der Waals surface area contributed by atoms with Crippen LogP contribution < -0.4 is 15.4 Å². The van der Waals surface area contributed by atoms with Crippen molar-refractivity contribution in [3.8, 4) is 5.75 Å². The quantitative estimate of drug-likeness (QED) is 0.801. The lowest BCUT2D eigenvalue weighted by Crippen LogP contribution is -2.41. The molecule has 1 aliphatic carbocycles. The van der Waals surface area contributed by atoms with Crippen molar-refractivity contribution in [1.29, 1.82) is 0 Å². The predicted molar refractivity (Wildman–Crippen MR) is 96.5 cm³/mol. The lowest BCUT2D eigenvalue weighted by atomic mass is 9.87. The van der Waals surface area contributed by atoms with E-state index in [1.54, 1.807) is 6.92 Å². The molecule has 144 valence electrons. The van der Waals surface area contributed by atoms with E-state index in [4.69, 9.17) is 0 Å². The summed E-state index contributed by atoms with van der Waals surface area (Å²) >= 11 is 0. The smallest absolute Gasteiger partial charge is 0.406 e. The molecular weight excluding hydrogens is 357 g/mol. The van der Waals surface area contributed by atoms with E-state index < -0.39 is 12.4 Å². The minimum absolute atomic E-state index is 0.110. The summed E-state index contributed by atoms with van der Waals surface area (Å²) < 4.78 is 40.4. The number of fused-ring (bicyclic) bond motifs is 1. The van der Waals surface area contributed by atoms with Gasteiger partial charge in [-0.2, -0.15) is 0 Å². The van der Waals surface area contributed by atoms with Crippen LogP contribution in [0.2, 0.25) is 0 Å². The Morgan fingerprint density at radius 3 is 2.56 bits per heavy atom. The van der Waals surface area contributed by atoms with Gasteiger partial charge in [0, 0.05) is 11.7 Å². The summed E-state index contributed by atoms with van der Waals surface area (Å²) in [5, 5.41) is 6.06. The first-order valence-electron chi connectivity index (χ1n) is 8.82. The molecule has 0 aliphatic heterocycles. The van der Waals surface area contributed by atoms with Crippen molar-refractivity contribution in [3.05, 3.63) is 59.7 Å². The molecule has 27 heavy (non-hydrogen) atoms. The SMILES string of the molecule is C[C@@H](N[C@H]1CCCc2ccccc21)C(=O)Nc1ccc(OC(F)(F)F)cc1. The second kappa shape index (κ2) is 8.00. The first kappa shape index (κ1) is 19.2. The van der Waals surface area contributed by atoms with Gasteiger partial charge in [0.1, 0.15) is 5.75 Å². The molecule has 3 rings (SSSR count). The van der Waals surface area contributed by atoms with E-state index in [2.05, 4.69) is 27.5 Å². The van der Waals surface area contributed by atoms with Gasteiger partial charge in [-0.25, -0.2) is 0 Å². The van der Waals surface area contributed by atoms with E-state index in [0.29, 0.717) is 5.69 Å². The van der Waals surface area contributed by atoms with Crippen LogP contribution in [0.15, 0.2) is 48.5 Å². The molecule has 2 atom stereocenters. The van der Waals surface area contributed by atoms with Crippen LogP contribution in [0.4, 0.5) is 18.9 Å². The Balaban J connectivity index is 1.58. The first-order valence-corrected chi connectivity index (χ1v) is 8.82. The Hall–Kier alpha value is -2.54. The summed E-state index contributed by atoms with van der Waals surface area (Å²) in [4.78, 5) is 12.4. The number of hydrogen-bond acceptors (Lipinski definition) is 3. The Morgan fingerprint density at radius 2 is 1.85 bits per heavy atom. The number of anilines is 1. The van der Waals surface area contributed by atoms with E-state index in [1.807, 2.05) is 12.1 Å². The van der Waals surface area contributed by atoms with Crippen molar-refractivity contribution >= 4 is 11.6 Å². The van der Waals surface area contributed by atoms with Gasteiger partial charge in [-0.3, -0.25) is 10.1 Å². The highest BCUT2D eigenvalue weighted by molar-refractivity contribution is 5.94. The Kier molecular flexibility index (Phi) is 5.70. The third kappa shape index (κ3) is 5.23. The Morgan fingerprint density at radius 1 is 1.15 bits per heavy atom. The lowest BCUT2D eigenvalue weighted by molar-refractivity contribution is -0.274. The number of hydrogen-bond donors (Lipinski definition) is 2. The minimum Gasteiger partial charge on any atom is -0.406 e. The molecule has 7 heteroatoms. The van der Waals surface area contributed by atoms with Crippen molar-refractivity contribution in [2.24, 2.45) is 0 Å². The number of carbonyl (C=O) groups excluding carboxylic acids is 1. The molecule has 0 spiro atoms. The van der Waals surface area contributed by atoms with Crippen LogP contribution in [0.5, 0.6) is 5.75 Å². The predicted octanol–water partition coefficient (Wildman–Crippen LogP) is 4.58. The van der Waals surface area contributed by atoms with Crippen LogP contribution in [0.1, 0.15) is 36.9 Å². The number of alkyl halides is 3. The van der Waals surface area contributed by atoms with Gasteiger partial charge in [-0.05, 0) is 61.6 Å². The van der Waals surface area contributed by atoms with E-state index in [1.165, 1.54) is 35.4 Å². The molecule has 0 saturated carbocycles. The van der Waals surface area contributed by atoms with Crippen LogP contribution in [0.3, 0.4) is 0 Å². The van der Waals surface area contributed by atoms with Gasteiger partial charge in [0.25, 0.3) is 0 Å². The van der Waals surface area contributed by atoms with Gasteiger partial charge in [-0.15, -0.1) is 13.2 Å². The fraction of sp³-hybridized carbons (Fsp3) is 0.350. The number of aryl methyl sites for hydroxylation is 1. The van der Waals surface area contributed by atoms with Crippen LogP contribution in [-0.2, 0) is 11.2 Å². The van der Waals surface area contributed by atoms with Gasteiger partial charge < -0.3 is 10.1 Å². The van der Waals surface area contributed by atoms with Gasteiger partial charge in [0.05, 0.1) is 6.04 Å². The monoisotopic (exact) mass is 378 g/mol. The summed E-state index contributed by atoms with van der Waals surface area (Å²) in [7, 11) is 0. The van der Waals surface area contributed by atoms with E-state index in [-0.39, 0.29) is 17.7 Å². The van der Waals surface area contributed by atoms with E-state index in [0.717, 1.165) is 19.3 Å². The van der Waals surface area contributed by atoms with Crippen molar-refractivity contribution in [2.45, 2.75) is 44.6 Å².